The van der Waals surface area contributed by atoms with Crippen molar-refractivity contribution in [3.8, 4) is 5.75 Å². The first-order valence-electron chi connectivity index (χ1n) is 10.4. The van der Waals surface area contributed by atoms with Crippen LogP contribution in [0.15, 0.2) is 48.5 Å². The van der Waals surface area contributed by atoms with Crippen LogP contribution in [0.2, 0.25) is 0 Å². The predicted molar refractivity (Wildman–Crippen MR) is 109 cm³/mol. The largest absolute Gasteiger partial charge is 0.493 e. The number of carbonyl (C=O) groups excluding carboxylic acids is 1. The first kappa shape index (κ1) is 18.2. The van der Waals surface area contributed by atoms with Gasteiger partial charge in [0.15, 0.2) is 5.78 Å². The second-order valence-electron chi connectivity index (χ2n) is 7.86. The minimum absolute atomic E-state index is 0.167. The number of aryl methyl sites for hydroxylation is 1. The molecule has 1 atom stereocenters. The summed E-state index contributed by atoms with van der Waals surface area (Å²) in [4.78, 5) is 15.4. The average Bonchev–Trinajstić information content (AvgIpc) is 2.72. The third kappa shape index (κ3) is 4.59. The van der Waals surface area contributed by atoms with Gasteiger partial charge in [-0.05, 0) is 68.1 Å². The summed E-state index contributed by atoms with van der Waals surface area (Å²) >= 11 is 0. The smallest absolute Gasteiger partial charge is 0.167 e. The highest BCUT2D eigenvalue weighted by atomic mass is 16.5. The highest BCUT2D eigenvalue weighted by Gasteiger charge is 2.29. The van der Waals surface area contributed by atoms with E-state index in [0.717, 1.165) is 55.8 Å². The zero-order valence-electron chi connectivity index (χ0n) is 16.0. The molecule has 27 heavy (non-hydrogen) atoms. The lowest BCUT2D eigenvalue weighted by Gasteiger charge is -2.32. The van der Waals surface area contributed by atoms with E-state index in [9.17, 15) is 4.79 Å². The molecular weight excluding hydrogens is 334 g/mol. The Balaban J connectivity index is 1.34. The van der Waals surface area contributed by atoms with Gasteiger partial charge in [0.25, 0.3) is 0 Å². The van der Waals surface area contributed by atoms with Crippen molar-refractivity contribution in [1.29, 1.82) is 0 Å². The highest BCUT2D eigenvalue weighted by molar-refractivity contribution is 6.00. The average molecular weight is 364 g/mol. The van der Waals surface area contributed by atoms with E-state index in [0.29, 0.717) is 12.4 Å². The van der Waals surface area contributed by atoms with E-state index in [1.165, 1.54) is 24.8 Å². The molecule has 0 N–H and O–H groups in total. The number of ketones is 1. The van der Waals surface area contributed by atoms with Crippen LogP contribution in [0, 0.1) is 5.92 Å². The normalized spacial score (nSPS) is 20.3. The number of hydrogen-bond acceptors (Lipinski definition) is 3. The molecule has 1 unspecified atom stereocenters. The van der Waals surface area contributed by atoms with E-state index >= 15 is 0 Å². The monoisotopic (exact) mass is 363 g/mol. The molecule has 1 fully saturated rings. The quantitative estimate of drug-likeness (QED) is 0.755. The number of likely N-dealkylation sites (tertiary alicyclic amines) is 1. The second kappa shape index (κ2) is 8.71. The summed E-state index contributed by atoms with van der Waals surface area (Å²) in [5, 5.41) is 0. The molecule has 0 radical (unpaired) electrons. The molecule has 1 saturated heterocycles. The number of carbonyl (C=O) groups is 1. The van der Waals surface area contributed by atoms with E-state index in [2.05, 4.69) is 35.2 Å². The van der Waals surface area contributed by atoms with Crippen molar-refractivity contribution in [2.24, 2.45) is 5.92 Å². The Hall–Kier alpha value is -2.13. The Morgan fingerprint density at radius 2 is 1.81 bits per heavy atom. The number of rotatable bonds is 6. The predicted octanol–water partition coefficient (Wildman–Crippen LogP) is 4.54. The van der Waals surface area contributed by atoms with Crippen molar-refractivity contribution in [3.63, 3.8) is 0 Å². The van der Waals surface area contributed by atoms with Crippen LogP contribution in [0.1, 0.15) is 47.2 Å². The topological polar surface area (TPSA) is 29.5 Å². The number of Topliss-reactive ketones (excluding diaryl/α,β-unsaturated/α-hetero) is 1. The van der Waals surface area contributed by atoms with Crippen LogP contribution in [0.5, 0.6) is 5.75 Å². The molecule has 0 saturated carbocycles. The van der Waals surface area contributed by atoms with Crippen LogP contribution in [-0.2, 0) is 12.8 Å². The van der Waals surface area contributed by atoms with Crippen molar-refractivity contribution >= 4 is 5.78 Å². The van der Waals surface area contributed by atoms with Crippen LogP contribution in [0.3, 0.4) is 0 Å². The van der Waals surface area contributed by atoms with Gasteiger partial charge in [0.1, 0.15) is 5.75 Å². The summed E-state index contributed by atoms with van der Waals surface area (Å²) < 4.78 is 5.94. The summed E-state index contributed by atoms with van der Waals surface area (Å²) in [5.74, 6) is 1.38. The standard InChI is InChI=1S/C24H29NO2/c26-24-21(18-25-14-5-2-6-15-25)10-9-20-17-22(11-12-23(20)24)27-16-13-19-7-3-1-4-8-19/h1,3-4,7-8,11-12,17,21H,2,5-6,9-10,13-16,18H2. The molecule has 0 bridgehead atoms. The Kier molecular flexibility index (Phi) is 5.88. The number of ether oxygens (including phenoxy) is 1. The van der Waals surface area contributed by atoms with Crippen molar-refractivity contribution in [1.82, 2.24) is 4.90 Å². The van der Waals surface area contributed by atoms with E-state index < -0.39 is 0 Å². The number of nitrogens with zero attached hydrogens (tertiary/aromatic N) is 1. The summed E-state index contributed by atoms with van der Waals surface area (Å²) in [6, 6.07) is 16.4. The van der Waals surface area contributed by atoms with Gasteiger partial charge in [-0.25, -0.2) is 0 Å². The molecule has 1 aliphatic heterocycles. The Morgan fingerprint density at radius 3 is 2.63 bits per heavy atom. The number of piperidine rings is 1. The van der Waals surface area contributed by atoms with Crippen molar-refractivity contribution in [2.75, 3.05) is 26.2 Å². The Morgan fingerprint density at radius 1 is 1.00 bits per heavy atom. The third-order valence-corrected chi connectivity index (χ3v) is 5.90. The number of hydrogen-bond donors (Lipinski definition) is 0. The SMILES string of the molecule is O=C1c2ccc(OCCc3ccccc3)cc2CCC1CN1CCCCC1. The molecule has 4 rings (SSSR count). The molecule has 3 heteroatoms. The van der Waals surface area contributed by atoms with Crippen LogP contribution in [0.25, 0.3) is 0 Å². The molecule has 1 aliphatic carbocycles. The first-order chi connectivity index (χ1) is 13.3. The molecule has 0 spiro atoms. The molecule has 142 valence electrons. The van der Waals surface area contributed by atoms with Gasteiger partial charge in [-0.3, -0.25) is 4.79 Å². The van der Waals surface area contributed by atoms with Crippen molar-refractivity contribution < 1.29 is 9.53 Å². The molecule has 0 amide bonds. The fourth-order valence-corrected chi connectivity index (χ4v) is 4.35. The maximum absolute atomic E-state index is 12.9. The van der Waals surface area contributed by atoms with Gasteiger partial charge in [-0.1, -0.05) is 36.8 Å². The van der Waals surface area contributed by atoms with E-state index in [1.54, 1.807) is 0 Å². The zero-order chi connectivity index (χ0) is 18.5. The maximum atomic E-state index is 12.9. The number of fused-ring (bicyclic) bond motifs is 1. The Labute approximate surface area is 162 Å². The van der Waals surface area contributed by atoms with Crippen molar-refractivity contribution in [2.45, 2.75) is 38.5 Å². The molecule has 2 aromatic carbocycles. The highest BCUT2D eigenvalue weighted by Crippen LogP contribution is 2.30. The van der Waals surface area contributed by atoms with Gasteiger partial charge in [0.05, 0.1) is 6.61 Å². The summed E-state index contributed by atoms with van der Waals surface area (Å²) in [6.45, 7) is 3.91. The first-order valence-corrected chi connectivity index (χ1v) is 10.4. The minimum atomic E-state index is 0.167. The van der Waals surface area contributed by atoms with Gasteiger partial charge in [-0.15, -0.1) is 0 Å². The molecule has 0 aromatic heterocycles. The lowest BCUT2D eigenvalue weighted by Crippen LogP contribution is -2.38. The van der Waals surface area contributed by atoms with Gasteiger partial charge in [0.2, 0.25) is 0 Å². The fourth-order valence-electron chi connectivity index (χ4n) is 4.35. The molecule has 1 heterocycles. The van der Waals surface area contributed by atoms with E-state index in [4.69, 9.17) is 4.74 Å². The summed E-state index contributed by atoms with van der Waals surface area (Å²) in [5.41, 5.74) is 3.36. The third-order valence-electron chi connectivity index (χ3n) is 5.90. The van der Waals surface area contributed by atoms with Crippen LogP contribution in [0.4, 0.5) is 0 Å². The van der Waals surface area contributed by atoms with E-state index in [-0.39, 0.29) is 5.92 Å². The van der Waals surface area contributed by atoms with Gasteiger partial charge in [-0.2, -0.15) is 0 Å². The van der Waals surface area contributed by atoms with Crippen LogP contribution < -0.4 is 4.74 Å². The number of benzene rings is 2. The van der Waals surface area contributed by atoms with Gasteiger partial charge in [0, 0.05) is 24.4 Å². The summed E-state index contributed by atoms with van der Waals surface area (Å²) in [7, 11) is 0. The Bertz CT molecular complexity index is 765. The molecular formula is C24H29NO2. The lowest BCUT2D eigenvalue weighted by molar-refractivity contribution is 0.0845. The van der Waals surface area contributed by atoms with Crippen molar-refractivity contribution in [3.05, 3.63) is 65.2 Å². The lowest BCUT2D eigenvalue weighted by atomic mass is 9.82. The van der Waals surface area contributed by atoms with E-state index in [1.807, 2.05) is 18.2 Å². The summed E-state index contributed by atoms with van der Waals surface area (Å²) in [6.07, 6.45) is 6.74. The van der Waals surface area contributed by atoms with Crippen LogP contribution >= 0.6 is 0 Å². The van der Waals surface area contributed by atoms with Crippen LogP contribution in [-0.4, -0.2) is 36.9 Å². The zero-order valence-corrected chi connectivity index (χ0v) is 16.0. The van der Waals surface area contributed by atoms with Gasteiger partial charge < -0.3 is 9.64 Å². The molecule has 2 aliphatic rings. The van der Waals surface area contributed by atoms with Gasteiger partial charge >= 0.3 is 0 Å². The molecule has 2 aromatic rings. The molecule has 3 nitrogen and oxygen atoms in total. The fraction of sp³-hybridized carbons (Fsp3) is 0.458. The second-order valence-corrected chi connectivity index (χ2v) is 7.86. The maximum Gasteiger partial charge on any atom is 0.167 e. The minimum Gasteiger partial charge on any atom is -0.493 e.